The van der Waals surface area contributed by atoms with E-state index < -0.39 is 0 Å². The van der Waals surface area contributed by atoms with Gasteiger partial charge in [-0.05, 0) is 42.8 Å². The largest absolute Gasteiger partial charge is 0.497 e. The van der Waals surface area contributed by atoms with Crippen LogP contribution in [-0.4, -0.2) is 19.6 Å². The minimum Gasteiger partial charge on any atom is -0.497 e. The number of anilines is 1. The highest BCUT2D eigenvalue weighted by Gasteiger charge is 2.07. The zero-order chi connectivity index (χ0) is 17.9. The molecule has 0 aliphatic carbocycles. The molecule has 25 heavy (non-hydrogen) atoms. The highest BCUT2D eigenvalue weighted by atomic mass is 16.5. The molecule has 1 amide bonds. The first kappa shape index (κ1) is 18.8. The molecule has 2 aromatic rings. The monoisotopic (exact) mass is 341 g/mol. The Morgan fingerprint density at radius 2 is 1.72 bits per heavy atom. The van der Waals surface area contributed by atoms with Gasteiger partial charge >= 0.3 is 0 Å². The van der Waals surface area contributed by atoms with E-state index in [4.69, 9.17) is 9.47 Å². The Balaban J connectivity index is 1.81. The summed E-state index contributed by atoms with van der Waals surface area (Å²) >= 11 is 0. The van der Waals surface area contributed by atoms with Gasteiger partial charge in [-0.1, -0.05) is 38.7 Å². The first-order valence-electron chi connectivity index (χ1n) is 8.91. The zero-order valence-electron chi connectivity index (χ0n) is 15.1. The summed E-state index contributed by atoms with van der Waals surface area (Å²) in [5.41, 5.74) is 1.30. The van der Waals surface area contributed by atoms with Crippen LogP contribution in [0.1, 0.15) is 49.4 Å². The molecule has 4 heteroatoms. The van der Waals surface area contributed by atoms with E-state index in [-0.39, 0.29) is 5.91 Å². The summed E-state index contributed by atoms with van der Waals surface area (Å²) in [6.45, 7) is 2.93. The molecule has 0 aliphatic heterocycles. The third kappa shape index (κ3) is 6.49. The maximum absolute atomic E-state index is 12.3. The van der Waals surface area contributed by atoms with Crippen LogP contribution in [0.15, 0.2) is 48.5 Å². The lowest BCUT2D eigenvalue weighted by Gasteiger charge is -2.09. The van der Waals surface area contributed by atoms with Crippen LogP contribution in [0.25, 0.3) is 0 Å². The molecule has 0 saturated carbocycles. The molecule has 2 aromatic carbocycles. The van der Waals surface area contributed by atoms with Gasteiger partial charge in [0.1, 0.15) is 11.5 Å². The average molecular weight is 341 g/mol. The number of methoxy groups -OCH3 is 1. The van der Waals surface area contributed by atoms with E-state index in [1.165, 1.54) is 25.7 Å². The second-order valence-corrected chi connectivity index (χ2v) is 5.97. The Hall–Kier alpha value is -2.49. The number of rotatable bonds is 10. The van der Waals surface area contributed by atoms with Crippen LogP contribution in [0, 0.1) is 0 Å². The van der Waals surface area contributed by atoms with Gasteiger partial charge in [0, 0.05) is 17.3 Å². The molecule has 0 fully saturated rings. The Bertz CT molecular complexity index is 652. The van der Waals surface area contributed by atoms with Crippen LogP contribution in [0.5, 0.6) is 11.5 Å². The molecule has 0 unspecified atom stereocenters. The molecular weight excluding hydrogens is 314 g/mol. The SMILES string of the molecule is CCCCCCCOc1ccc(C(=O)Nc2cccc(OC)c2)cc1. The fourth-order valence-corrected chi connectivity index (χ4v) is 2.50. The van der Waals surface area contributed by atoms with Gasteiger partial charge in [0.05, 0.1) is 13.7 Å². The molecule has 1 N–H and O–H groups in total. The summed E-state index contributed by atoms with van der Waals surface area (Å²) in [5, 5.41) is 2.86. The molecule has 2 rings (SSSR count). The van der Waals surface area contributed by atoms with Crippen LogP contribution in [0.4, 0.5) is 5.69 Å². The predicted molar refractivity (Wildman–Crippen MR) is 102 cm³/mol. The lowest BCUT2D eigenvalue weighted by molar-refractivity contribution is 0.102. The maximum Gasteiger partial charge on any atom is 0.255 e. The second-order valence-electron chi connectivity index (χ2n) is 5.97. The number of unbranched alkanes of at least 4 members (excludes halogenated alkanes) is 4. The predicted octanol–water partition coefficient (Wildman–Crippen LogP) is 5.30. The minimum atomic E-state index is -0.153. The number of amides is 1. The van der Waals surface area contributed by atoms with E-state index in [2.05, 4.69) is 12.2 Å². The Kier molecular flexibility index (Phi) is 7.83. The Morgan fingerprint density at radius 1 is 0.960 bits per heavy atom. The van der Waals surface area contributed by atoms with Crippen molar-refractivity contribution in [1.29, 1.82) is 0 Å². The van der Waals surface area contributed by atoms with Crippen LogP contribution < -0.4 is 14.8 Å². The molecule has 0 aromatic heterocycles. The van der Waals surface area contributed by atoms with E-state index in [1.807, 2.05) is 30.3 Å². The van der Waals surface area contributed by atoms with Gasteiger partial charge in [-0.2, -0.15) is 0 Å². The minimum absolute atomic E-state index is 0.153. The molecule has 0 atom stereocenters. The van der Waals surface area contributed by atoms with Gasteiger partial charge in [-0.3, -0.25) is 4.79 Å². The van der Waals surface area contributed by atoms with Crippen molar-refractivity contribution in [2.24, 2.45) is 0 Å². The molecule has 0 spiro atoms. The van der Waals surface area contributed by atoms with Crippen molar-refractivity contribution in [3.63, 3.8) is 0 Å². The van der Waals surface area contributed by atoms with Crippen molar-refractivity contribution >= 4 is 11.6 Å². The summed E-state index contributed by atoms with van der Waals surface area (Å²) < 4.78 is 10.9. The number of hydrogen-bond donors (Lipinski definition) is 1. The summed E-state index contributed by atoms with van der Waals surface area (Å²) in [4.78, 5) is 12.3. The van der Waals surface area contributed by atoms with Crippen molar-refractivity contribution in [2.45, 2.75) is 39.0 Å². The van der Waals surface area contributed by atoms with E-state index in [0.29, 0.717) is 17.0 Å². The van der Waals surface area contributed by atoms with Gasteiger partial charge < -0.3 is 14.8 Å². The van der Waals surface area contributed by atoms with Crippen LogP contribution in [0.3, 0.4) is 0 Å². The van der Waals surface area contributed by atoms with E-state index in [1.54, 1.807) is 25.3 Å². The average Bonchev–Trinajstić information content (AvgIpc) is 2.65. The van der Waals surface area contributed by atoms with Crippen molar-refractivity contribution in [3.8, 4) is 11.5 Å². The fraction of sp³-hybridized carbons (Fsp3) is 0.381. The lowest BCUT2D eigenvalue weighted by atomic mass is 10.1. The smallest absolute Gasteiger partial charge is 0.255 e. The number of carbonyl (C=O) groups is 1. The number of benzene rings is 2. The van der Waals surface area contributed by atoms with Gasteiger partial charge in [0.25, 0.3) is 5.91 Å². The molecule has 0 aliphatic rings. The van der Waals surface area contributed by atoms with Crippen molar-refractivity contribution in [1.82, 2.24) is 0 Å². The topological polar surface area (TPSA) is 47.6 Å². The number of nitrogens with one attached hydrogen (secondary N) is 1. The number of hydrogen-bond acceptors (Lipinski definition) is 3. The van der Waals surface area contributed by atoms with Crippen molar-refractivity contribution < 1.29 is 14.3 Å². The normalized spacial score (nSPS) is 10.3. The van der Waals surface area contributed by atoms with Crippen molar-refractivity contribution in [2.75, 3.05) is 19.0 Å². The maximum atomic E-state index is 12.3. The van der Waals surface area contributed by atoms with Gasteiger partial charge in [0.15, 0.2) is 0 Å². The first-order valence-corrected chi connectivity index (χ1v) is 8.91. The van der Waals surface area contributed by atoms with Crippen molar-refractivity contribution in [3.05, 3.63) is 54.1 Å². The van der Waals surface area contributed by atoms with Crippen LogP contribution >= 0.6 is 0 Å². The fourth-order valence-electron chi connectivity index (χ4n) is 2.50. The summed E-state index contributed by atoms with van der Waals surface area (Å²) in [6, 6.07) is 14.5. The first-order chi connectivity index (χ1) is 12.2. The summed E-state index contributed by atoms with van der Waals surface area (Å²) in [5.74, 6) is 1.35. The second kappa shape index (κ2) is 10.4. The summed E-state index contributed by atoms with van der Waals surface area (Å²) in [7, 11) is 1.60. The zero-order valence-corrected chi connectivity index (χ0v) is 15.1. The molecule has 4 nitrogen and oxygen atoms in total. The Labute approximate surface area is 150 Å². The molecule has 0 heterocycles. The van der Waals surface area contributed by atoms with Crippen LogP contribution in [0.2, 0.25) is 0 Å². The molecule has 0 saturated heterocycles. The number of carbonyl (C=O) groups excluding carboxylic acids is 1. The highest BCUT2D eigenvalue weighted by Crippen LogP contribution is 2.18. The number of ether oxygens (including phenoxy) is 2. The van der Waals surface area contributed by atoms with E-state index in [9.17, 15) is 4.79 Å². The molecule has 0 bridgehead atoms. The molecular formula is C21H27NO3. The quantitative estimate of drug-likeness (QED) is 0.597. The Morgan fingerprint density at radius 3 is 2.44 bits per heavy atom. The third-order valence-electron chi connectivity index (χ3n) is 3.96. The summed E-state index contributed by atoms with van der Waals surface area (Å²) in [6.07, 6.45) is 6.08. The van der Waals surface area contributed by atoms with E-state index in [0.717, 1.165) is 18.8 Å². The van der Waals surface area contributed by atoms with Gasteiger partial charge in [-0.25, -0.2) is 0 Å². The highest BCUT2D eigenvalue weighted by molar-refractivity contribution is 6.04. The van der Waals surface area contributed by atoms with Crippen LogP contribution in [-0.2, 0) is 0 Å². The lowest BCUT2D eigenvalue weighted by Crippen LogP contribution is -2.11. The molecule has 134 valence electrons. The third-order valence-corrected chi connectivity index (χ3v) is 3.96. The standard InChI is InChI=1S/C21H27NO3/c1-3-4-5-6-7-15-25-19-13-11-17(12-14-19)21(23)22-18-9-8-10-20(16-18)24-2/h8-14,16H,3-7,15H2,1-2H3,(H,22,23). The molecule has 0 radical (unpaired) electrons. The van der Waals surface area contributed by atoms with E-state index >= 15 is 0 Å². The van der Waals surface area contributed by atoms with Gasteiger partial charge in [-0.15, -0.1) is 0 Å². The van der Waals surface area contributed by atoms with Gasteiger partial charge in [0.2, 0.25) is 0 Å².